The van der Waals surface area contributed by atoms with Crippen molar-refractivity contribution in [1.82, 2.24) is 0 Å². The summed E-state index contributed by atoms with van der Waals surface area (Å²) in [6.45, 7) is 6.44. The molecule has 0 saturated heterocycles. The van der Waals surface area contributed by atoms with Crippen molar-refractivity contribution in [3.63, 3.8) is 0 Å². The number of carbonyl (C=O) groups excluding carboxylic acids is 1. The van der Waals surface area contributed by atoms with Crippen LogP contribution in [0.5, 0.6) is 0 Å². The van der Waals surface area contributed by atoms with Crippen LogP contribution >= 0.6 is 0 Å². The van der Waals surface area contributed by atoms with Gasteiger partial charge in [-0.1, -0.05) is 20.3 Å². The van der Waals surface area contributed by atoms with E-state index in [1.54, 1.807) is 0 Å². The maximum Gasteiger partial charge on any atom is 0.214 e. The molecule has 3 nitrogen and oxygen atoms in total. The number of rotatable bonds is 2. The molecular formula is C7H18N2O. The quantitative estimate of drug-likeness (QED) is 0.595. The highest BCUT2D eigenvalue weighted by Gasteiger charge is 1.88. The Hall–Kier alpha value is -0.570. The Morgan fingerprint density at radius 3 is 1.90 bits per heavy atom. The van der Waals surface area contributed by atoms with E-state index in [4.69, 9.17) is 5.73 Å². The SMILES string of the molecule is CC(N)=O.CCC(C)CN. The number of hydrogen-bond donors (Lipinski definition) is 2. The molecule has 0 aromatic carbocycles. The largest absolute Gasteiger partial charge is 0.370 e. The van der Waals surface area contributed by atoms with Gasteiger partial charge in [-0.25, -0.2) is 0 Å². The van der Waals surface area contributed by atoms with E-state index in [-0.39, 0.29) is 5.91 Å². The van der Waals surface area contributed by atoms with Crippen LogP contribution in [0.4, 0.5) is 0 Å². The maximum atomic E-state index is 9.22. The normalized spacial score (nSPS) is 11.2. The molecule has 0 aromatic heterocycles. The first-order valence-electron chi connectivity index (χ1n) is 3.50. The summed E-state index contributed by atoms with van der Waals surface area (Å²) in [6, 6.07) is 0. The highest BCUT2D eigenvalue weighted by Crippen LogP contribution is 1.93. The van der Waals surface area contributed by atoms with E-state index in [9.17, 15) is 4.79 Å². The standard InChI is InChI=1S/C5H13N.C2H5NO/c1-3-5(2)4-6;1-2(3)4/h5H,3-4,6H2,1-2H3;1H3,(H2,3,4). The second kappa shape index (κ2) is 8.43. The lowest BCUT2D eigenvalue weighted by molar-refractivity contribution is -0.115. The van der Waals surface area contributed by atoms with Crippen LogP contribution < -0.4 is 11.5 Å². The van der Waals surface area contributed by atoms with Crippen LogP contribution in [0.3, 0.4) is 0 Å². The Balaban J connectivity index is 0. The topological polar surface area (TPSA) is 69.1 Å². The van der Waals surface area contributed by atoms with Crippen LogP contribution in [0, 0.1) is 5.92 Å². The van der Waals surface area contributed by atoms with Crippen LogP contribution in [-0.2, 0) is 4.79 Å². The van der Waals surface area contributed by atoms with Crippen LogP contribution in [0.1, 0.15) is 27.2 Å². The van der Waals surface area contributed by atoms with E-state index in [0.717, 1.165) is 6.54 Å². The van der Waals surface area contributed by atoms with Gasteiger partial charge in [0.05, 0.1) is 0 Å². The lowest BCUT2D eigenvalue weighted by atomic mass is 10.1. The second-order valence-corrected chi connectivity index (χ2v) is 2.36. The van der Waals surface area contributed by atoms with Crippen molar-refractivity contribution in [2.45, 2.75) is 27.2 Å². The Kier molecular flexibility index (Phi) is 10.2. The predicted molar refractivity (Wildman–Crippen MR) is 43.4 cm³/mol. The molecule has 3 heteroatoms. The van der Waals surface area contributed by atoms with Gasteiger partial charge in [-0.05, 0) is 12.5 Å². The summed E-state index contributed by atoms with van der Waals surface area (Å²) in [5.41, 5.74) is 9.75. The van der Waals surface area contributed by atoms with Gasteiger partial charge in [0.2, 0.25) is 5.91 Å². The monoisotopic (exact) mass is 146 g/mol. The minimum Gasteiger partial charge on any atom is -0.370 e. The average molecular weight is 146 g/mol. The molecule has 0 aromatic rings. The summed E-state index contributed by atoms with van der Waals surface area (Å²) in [5.74, 6) is 0.380. The molecule has 1 amide bonds. The van der Waals surface area contributed by atoms with E-state index in [2.05, 4.69) is 19.6 Å². The first kappa shape index (κ1) is 12.1. The Morgan fingerprint density at radius 2 is 1.90 bits per heavy atom. The summed E-state index contributed by atoms with van der Waals surface area (Å²) >= 11 is 0. The number of nitrogens with two attached hydrogens (primary N) is 2. The molecule has 10 heavy (non-hydrogen) atoms. The zero-order valence-corrected chi connectivity index (χ0v) is 7.05. The Morgan fingerprint density at radius 1 is 1.60 bits per heavy atom. The third kappa shape index (κ3) is 26.1. The van der Waals surface area contributed by atoms with E-state index in [1.807, 2.05) is 0 Å². The van der Waals surface area contributed by atoms with Gasteiger partial charge in [-0.15, -0.1) is 0 Å². The van der Waals surface area contributed by atoms with Gasteiger partial charge in [0.15, 0.2) is 0 Å². The predicted octanol–water partition coefficient (Wildman–Crippen LogP) is 0.483. The minimum absolute atomic E-state index is 0.333. The molecule has 0 saturated carbocycles. The molecule has 0 heterocycles. The first-order valence-corrected chi connectivity index (χ1v) is 3.50. The molecule has 0 spiro atoms. The zero-order valence-electron chi connectivity index (χ0n) is 7.05. The zero-order chi connectivity index (χ0) is 8.57. The lowest BCUT2D eigenvalue weighted by Crippen LogP contribution is -2.08. The third-order valence-electron chi connectivity index (χ3n) is 1.10. The molecule has 1 unspecified atom stereocenters. The molecular weight excluding hydrogens is 128 g/mol. The van der Waals surface area contributed by atoms with Crippen molar-refractivity contribution < 1.29 is 4.79 Å². The fraction of sp³-hybridized carbons (Fsp3) is 0.857. The molecule has 62 valence electrons. The summed E-state index contributed by atoms with van der Waals surface area (Å²) < 4.78 is 0. The molecule has 1 atom stereocenters. The van der Waals surface area contributed by atoms with Crippen molar-refractivity contribution >= 4 is 5.91 Å². The summed E-state index contributed by atoms with van der Waals surface area (Å²) in [7, 11) is 0. The molecule has 0 fully saturated rings. The van der Waals surface area contributed by atoms with Crippen LogP contribution in [0.2, 0.25) is 0 Å². The van der Waals surface area contributed by atoms with Gasteiger partial charge in [-0.2, -0.15) is 0 Å². The molecule has 4 N–H and O–H groups in total. The van der Waals surface area contributed by atoms with Gasteiger partial charge < -0.3 is 11.5 Å². The van der Waals surface area contributed by atoms with Gasteiger partial charge in [-0.3, -0.25) is 4.79 Å². The van der Waals surface area contributed by atoms with Crippen molar-refractivity contribution in [3.05, 3.63) is 0 Å². The van der Waals surface area contributed by atoms with Crippen molar-refractivity contribution in [2.75, 3.05) is 6.54 Å². The summed E-state index contributed by atoms with van der Waals surface area (Å²) in [6.07, 6.45) is 1.20. The van der Waals surface area contributed by atoms with Crippen LogP contribution in [0.25, 0.3) is 0 Å². The summed E-state index contributed by atoms with van der Waals surface area (Å²) in [4.78, 5) is 9.22. The fourth-order valence-electron chi connectivity index (χ4n) is 0.167. The molecule has 0 aliphatic heterocycles. The van der Waals surface area contributed by atoms with E-state index in [0.29, 0.717) is 5.92 Å². The second-order valence-electron chi connectivity index (χ2n) is 2.36. The smallest absolute Gasteiger partial charge is 0.214 e. The number of primary amides is 1. The molecule has 0 radical (unpaired) electrons. The van der Waals surface area contributed by atoms with Gasteiger partial charge in [0.1, 0.15) is 0 Å². The van der Waals surface area contributed by atoms with Gasteiger partial charge >= 0.3 is 0 Å². The average Bonchev–Trinajstić information content (AvgIpc) is 1.85. The highest BCUT2D eigenvalue weighted by atomic mass is 16.1. The first-order chi connectivity index (χ1) is 4.54. The highest BCUT2D eigenvalue weighted by molar-refractivity contribution is 5.70. The number of hydrogen-bond acceptors (Lipinski definition) is 2. The Bertz CT molecular complexity index is 75.7. The molecule has 0 aliphatic carbocycles. The summed E-state index contributed by atoms with van der Waals surface area (Å²) in [5, 5.41) is 0. The molecule has 0 aliphatic rings. The lowest BCUT2D eigenvalue weighted by Gasteiger charge is -1.98. The van der Waals surface area contributed by atoms with Crippen molar-refractivity contribution in [2.24, 2.45) is 17.4 Å². The number of carbonyl (C=O) groups is 1. The van der Waals surface area contributed by atoms with E-state index < -0.39 is 0 Å². The van der Waals surface area contributed by atoms with Crippen LogP contribution in [0.15, 0.2) is 0 Å². The van der Waals surface area contributed by atoms with Crippen molar-refractivity contribution in [1.29, 1.82) is 0 Å². The number of amides is 1. The molecule has 0 rings (SSSR count). The van der Waals surface area contributed by atoms with Crippen molar-refractivity contribution in [3.8, 4) is 0 Å². The Labute approximate surface area is 62.8 Å². The fourth-order valence-corrected chi connectivity index (χ4v) is 0.167. The molecule has 0 bridgehead atoms. The third-order valence-corrected chi connectivity index (χ3v) is 1.10. The van der Waals surface area contributed by atoms with Crippen LogP contribution in [-0.4, -0.2) is 12.5 Å². The maximum absolute atomic E-state index is 9.22. The van der Waals surface area contributed by atoms with Gasteiger partial charge in [0, 0.05) is 6.92 Å². The minimum atomic E-state index is -0.333. The van der Waals surface area contributed by atoms with E-state index >= 15 is 0 Å². The van der Waals surface area contributed by atoms with E-state index in [1.165, 1.54) is 13.3 Å². The van der Waals surface area contributed by atoms with Gasteiger partial charge in [0.25, 0.3) is 0 Å².